The van der Waals surface area contributed by atoms with Gasteiger partial charge in [0, 0.05) is 36.3 Å². The van der Waals surface area contributed by atoms with Crippen molar-refractivity contribution in [3.63, 3.8) is 0 Å². The fraction of sp³-hybridized carbons (Fsp3) is 0.280. The van der Waals surface area contributed by atoms with Crippen LogP contribution in [0.25, 0.3) is 32.3 Å². The number of likely N-dealkylation sites (N-methyl/N-ethyl adjacent to an activating group) is 1. The number of carbonyl (C=O) groups excluding carboxylic acids is 2. The lowest BCUT2D eigenvalue weighted by Gasteiger charge is -2.21. The third-order valence-electron chi connectivity index (χ3n) is 7.42. The molecule has 2 fully saturated rings. The topological polar surface area (TPSA) is 94.2 Å². The minimum Gasteiger partial charge on any atom is -0.360 e. The minimum atomic E-state index is -0.418. The smallest absolute Gasteiger partial charge is 0.261 e. The van der Waals surface area contributed by atoms with Crippen LogP contribution in [0.15, 0.2) is 41.9 Å². The van der Waals surface area contributed by atoms with Crippen LogP contribution in [0.3, 0.4) is 0 Å². The highest BCUT2D eigenvalue weighted by Crippen LogP contribution is 2.39. The van der Waals surface area contributed by atoms with Gasteiger partial charge >= 0.3 is 0 Å². The van der Waals surface area contributed by atoms with E-state index in [4.69, 9.17) is 9.97 Å². The van der Waals surface area contributed by atoms with Crippen LogP contribution in [0.5, 0.6) is 0 Å². The van der Waals surface area contributed by atoms with Crippen LogP contribution < -0.4 is 10.2 Å². The number of aromatic nitrogens is 3. The van der Waals surface area contributed by atoms with E-state index in [0.29, 0.717) is 34.7 Å². The molecule has 4 aromatic rings. The molecule has 2 N–H and O–H groups in total. The molecule has 9 heteroatoms. The van der Waals surface area contributed by atoms with Gasteiger partial charge in [0.15, 0.2) is 0 Å². The van der Waals surface area contributed by atoms with Gasteiger partial charge in [0.2, 0.25) is 5.95 Å². The van der Waals surface area contributed by atoms with Gasteiger partial charge in [-0.05, 0) is 43.4 Å². The summed E-state index contributed by atoms with van der Waals surface area (Å²) in [6.45, 7) is 2.89. The molecule has 34 heavy (non-hydrogen) atoms. The molecular formula is C25H22N6O2S. The van der Waals surface area contributed by atoms with Gasteiger partial charge in [0.1, 0.15) is 0 Å². The predicted molar refractivity (Wildman–Crippen MR) is 132 cm³/mol. The molecule has 2 amide bonds. The van der Waals surface area contributed by atoms with Crippen LogP contribution in [0.1, 0.15) is 17.7 Å². The van der Waals surface area contributed by atoms with Gasteiger partial charge in [-0.3, -0.25) is 14.9 Å². The molecule has 8 nitrogen and oxygen atoms in total. The Labute approximate surface area is 199 Å². The van der Waals surface area contributed by atoms with Crippen molar-refractivity contribution < 1.29 is 9.59 Å². The van der Waals surface area contributed by atoms with Crippen molar-refractivity contribution in [3.8, 4) is 0 Å². The number of hydrogen-bond donors (Lipinski definition) is 2. The molecule has 3 aliphatic rings. The van der Waals surface area contributed by atoms with E-state index in [1.807, 2.05) is 35.7 Å². The summed E-state index contributed by atoms with van der Waals surface area (Å²) >= 11 is 1.54. The van der Waals surface area contributed by atoms with Crippen LogP contribution in [-0.2, 0) is 9.59 Å². The maximum atomic E-state index is 13.2. The number of anilines is 1. The first-order valence-electron chi connectivity index (χ1n) is 11.5. The van der Waals surface area contributed by atoms with Gasteiger partial charge < -0.3 is 14.8 Å². The number of likely N-dealkylation sites (tertiary alicyclic amines) is 1. The molecule has 0 radical (unpaired) electrons. The summed E-state index contributed by atoms with van der Waals surface area (Å²) < 4.78 is 0.950. The summed E-state index contributed by atoms with van der Waals surface area (Å²) in [5, 5.41) is 5.24. The van der Waals surface area contributed by atoms with Crippen molar-refractivity contribution in [2.75, 3.05) is 31.6 Å². The number of nitrogens with zero attached hydrogens (tertiary/aromatic N) is 4. The second kappa shape index (κ2) is 7.22. The average molecular weight is 471 g/mol. The van der Waals surface area contributed by atoms with Crippen LogP contribution in [0, 0.1) is 5.92 Å². The number of hydrogen-bond acceptors (Lipinski definition) is 7. The minimum absolute atomic E-state index is 0.315. The Kier molecular flexibility index (Phi) is 4.22. The summed E-state index contributed by atoms with van der Waals surface area (Å²) in [5.41, 5.74) is 3.63. The zero-order valence-corrected chi connectivity index (χ0v) is 19.4. The average Bonchev–Trinajstić information content (AvgIpc) is 3.62. The predicted octanol–water partition coefficient (Wildman–Crippen LogP) is 2.88. The summed E-state index contributed by atoms with van der Waals surface area (Å²) in [5.74, 6) is 0.405. The highest BCUT2D eigenvalue weighted by molar-refractivity contribution is 7.17. The zero-order chi connectivity index (χ0) is 23.0. The highest BCUT2D eigenvalue weighted by atomic mass is 32.1. The molecule has 6 heterocycles. The molecule has 1 aromatic carbocycles. The number of H-pyrrole nitrogens is 1. The van der Waals surface area contributed by atoms with Gasteiger partial charge in [-0.2, -0.15) is 0 Å². The lowest BCUT2D eigenvalue weighted by atomic mass is 9.99. The standard InChI is InChI=1S/C25H22N6O2S/c1-30-8-6-13-11-31(12-18(13)30)25-27-16-5-3-2-4-14(16)21(28-25)20-19(23(32)29-24(20)33)15-10-26-17-7-9-34-22(15)17/h2-5,7,9-10,13,18,26H,6,8,11-12H2,1H3,(H,29,32,33)/t13-,18+/m0/s1. The number of carbonyl (C=O) groups is 2. The maximum Gasteiger partial charge on any atom is 0.261 e. The summed E-state index contributed by atoms with van der Waals surface area (Å²) in [7, 11) is 2.18. The van der Waals surface area contributed by atoms with Crippen molar-refractivity contribution in [2.24, 2.45) is 5.92 Å². The molecule has 0 saturated carbocycles. The molecular weight excluding hydrogens is 448 g/mol. The number of para-hydroxylation sites is 1. The molecule has 0 spiro atoms. The molecule has 0 aliphatic carbocycles. The van der Waals surface area contributed by atoms with Gasteiger partial charge in [0.05, 0.1) is 32.6 Å². The second-order valence-corrected chi connectivity index (χ2v) is 10.2. The molecule has 170 valence electrons. The molecule has 3 aliphatic heterocycles. The number of fused-ring (bicyclic) bond motifs is 3. The fourth-order valence-electron chi connectivity index (χ4n) is 5.70. The largest absolute Gasteiger partial charge is 0.360 e. The Morgan fingerprint density at radius 3 is 2.79 bits per heavy atom. The van der Waals surface area contributed by atoms with E-state index in [9.17, 15) is 9.59 Å². The van der Waals surface area contributed by atoms with Crippen LogP contribution in [0.2, 0.25) is 0 Å². The van der Waals surface area contributed by atoms with Gasteiger partial charge in [0.25, 0.3) is 11.8 Å². The Balaban J connectivity index is 1.44. The van der Waals surface area contributed by atoms with Crippen LogP contribution in [-0.4, -0.2) is 64.4 Å². The summed E-state index contributed by atoms with van der Waals surface area (Å²) in [6.07, 6.45) is 2.98. The number of benzene rings is 1. The fourth-order valence-corrected chi connectivity index (χ4v) is 6.58. The third kappa shape index (κ3) is 2.80. The van der Waals surface area contributed by atoms with Gasteiger partial charge in [-0.1, -0.05) is 18.2 Å². The molecule has 3 aromatic heterocycles. The first kappa shape index (κ1) is 19.9. The molecule has 0 unspecified atom stereocenters. The Morgan fingerprint density at radius 1 is 1.06 bits per heavy atom. The van der Waals surface area contributed by atoms with Crippen molar-refractivity contribution in [1.29, 1.82) is 0 Å². The lowest BCUT2D eigenvalue weighted by Crippen LogP contribution is -2.32. The van der Waals surface area contributed by atoms with E-state index in [1.165, 1.54) is 6.42 Å². The molecule has 2 atom stereocenters. The van der Waals surface area contributed by atoms with Crippen LogP contribution in [0.4, 0.5) is 5.95 Å². The van der Waals surface area contributed by atoms with Crippen molar-refractivity contribution in [1.82, 2.24) is 25.2 Å². The van der Waals surface area contributed by atoms with E-state index in [2.05, 4.69) is 27.1 Å². The van der Waals surface area contributed by atoms with Crippen molar-refractivity contribution >= 4 is 61.4 Å². The number of amides is 2. The summed E-state index contributed by atoms with van der Waals surface area (Å²) in [6, 6.07) is 10.2. The number of imide groups is 1. The number of nitrogens with one attached hydrogen (secondary N) is 2. The summed E-state index contributed by atoms with van der Waals surface area (Å²) in [4.78, 5) is 43.9. The third-order valence-corrected chi connectivity index (χ3v) is 8.37. The quantitative estimate of drug-likeness (QED) is 0.447. The Morgan fingerprint density at radius 2 is 1.91 bits per heavy atom. The maximum absolute atomic E-state index is 13.2. The first-order chi connectivity index (χ1) is 16.6. The molecule has 7 rings (SSSR count). The van der Waals surface area contributed by atoms with Crippen LogP contribution >= 0.6 is 11.3 Å². The number of thiophene rings is 1. The van der Waals surface area contributed by atoms with E-state index in [1.54, 1.807) is 17.5 Å². The highest BCUT2D eigenvalue weighted by Gasteiger charge is 2.41. The van der Waals surface area contributed by atoms with E-state index < -0.39 is 11.8 Å². The van der Waals surface area contributed by atoms with E-state index >= 15 is 0 Å². The molecule has 2 saturated heterocycles. The SMILES string of the molecule is CN1CC[C@H]2CN(c3nc(C4=C(c5c[nH]c6ccsc56)C(=O)NC4=O)c4ccccc4n3)C[C@H]21. The zero-order valence-electron chi connectivity index (χ0n) is 18.5. The van der Waals surface area contributed by atoms with Gasteiger partial charge in [-0.15, -0.1) is 11.3 Å². The second-order valence-electron chi connectivity index (χ2n) is 9.29. The van der Waals surface area contributed by atoms with Crippen molar-refractivity contribution in [2.45, 2.75) is 12.5 Å². The Hall–Kier alpha value is -3.56. The van der Waals surface area contributed by atoms with E-state index in [-0.39, 0.29) is 0 Å². The van der Waals surface area contributed by atoms with E-state index in [0.717, 1.165) is 46.3 Å². The monoisotopic (exact) mass is 470 g/mol. The van der Waals surface area contributed by atoms with Crippen molar-refractivity contribution in [3.05, 3.63) is 53.2 Å². The number of aromatic amines is 1. The lowest BCUT2D eigenvalue weighted by molar-refractivity contribution is -0.122. The van der Waals surface area contributed by atoms with Gasteiger partial charge in [-0.25, -0.2) is 9.97 Å². The normalized spacial score (nSPS) is 23.0. The number of rotatable bonds is 3. The molecule has 0 bridgehead atoms. The first-order valence-corrected chi connectivity index (χ1v) is 12.3. The Bertz CT molecular complexity index is 1530.